The molecule has 0 saturated heterocycles. The second-order valence-electron chi connectivity index (χ2n) is 5.17. The zero-order valence-electron chi connectivity index (χ0n) is 13.2. The predicted molar refractivity (Wildman–Crippen MR) is 77.9 cm³/mol. The quantitative estimate of drug-likeness (QED) is 0.626. The van der Waals surface area contributed by atoms with Gasteiger partial charge in [0.25, 0.3) is 0 Å². The molecule has 0 aliphatic rings. The van der Waals surface area contributed by atoms with Gasteiger partial charge in [-0.15, -0.1) is 0 Å². The van der Waals surface area contributed by atoms with Crippen molar-refractivity contribution in [3.8, 4) is 0 Å². The Morgan fingerprint density at radius 2 is 1.86 bits per heavy atom. The van der Waals surface area contributed by atoms with E-state index >= 15 is 0 Å². The van der Waals surface area contributed by atoms with Crippen LogP contribution in [-0.2, 0) is 14.3 Å². The van der Waals surface area contributed by atoms with Crippen LogP contribution in [0.5, 0.6) is 0 Å². The highest BCUT2D eigenvalue weighted by atomic mass is 16.5. The number of hydrogen-bond acceptors (Lipinski definition) is 4. The molecule has 0 spiro atoms. The lowest BCUT2D eigenvalue weighted by molar-refractivity contribution is -0.144. The number of amides is 2. The minimum Gasteiger partial charge on any atom is -0.481 e. The van der Waals surface area contributed by atoms with Crippen LogP contribution in [0.2, 0.25) is 0 Å². The maximum atomic E-state index is 11.9. The average Bonchev–Trinajstić information content (AvgIpc) is 2.40. The minimum absolute atomic E-state index is 0.0473. The predicted octanol–water partition coefficient (Wildman–Crippen LogP) is 1.33. The van der Waals surface area contributed by atoms with Crippen molar-refractivity contribution in [2.45, 2.75) is 34.1 Å². The number of hydrogen-bond donors (Lipinski definition) is 2. The molecule has 0 rings (SSSR count). The van der Waals surface area contributed by atoms with Gasteiger partial charge >= 0.3 is 18.0 Å². The lowest BCUT2D eigenvalue weighted by atomic mass is 9.97. The summed E-state index contributed by atoms with van der Waals surface area (Å²) in [4.78, 5) is 35.7. The topological polar surface area (TPSA) is 95.9 Å². The number of nitrogens with zero attached hydrogens (tertiary/aromatic N) is 1. The number of carbonyl (C=O) groups is 3. The van der Waals surface area contributed by atoms with Gasteiger partial charge in [0.2, 0.25) is 0 Å². The molecule has 2 amide bonds. The number of aliphatic carboxylic acids is 1. The lowest BCUT2D eigenvalue weighted by Crippen LogP contribution is -2.45. The number of carboxylic acid groups (broad SMARTS) is 1. The molecule has 0 radical (unpaired) electrons. The monoisotopic (exact) mass is 302 g/mol. The Morgan fingerprint density at radius 1 is 1.24 bits per heavy atom. The third kappa shape index (κ3) is 8.16. The summed E-state index contributed by atoms with van der Waals surface area (Å²) in [7, 11) is 0. The molecule has 0 aromatic carbocycles. The van der Waals surface area contributed by atoms with E-state index in [9.17, 15) is 14.4 Å². The second-order valence-corrected chi connectivity index (χ2v) is 5.17. The first-order valence-electron chi connectivity index (χ1n) is 7.22. The molecule has 0 heterocycles. The van der Waals surface area contributed by atoms with Gasteiger partial charge in [-0.3, -0.25) is 9.59 Å². The second kappa shape index (κ2) is 10.0. The fourth-order valence-corrected chi connectivity index (χ4v) is 1.85. The summed E-state index contributed by atoms with van der Waals surface area (Å²) in [5.74, 6) is -1.82. The number of nitrogens with one attached hydrogen (secondary N) is 1. The summed E-state index contributed by atoms with van der Waals surface area (Å²) >= 11 is 0. The number of ether oxygens (including phenoxy) is 1. The Hall–Kier alpha value is -1.79. The van der Waals surface area contributed by atoms with E-state index in [1.165, 1.54) is 4.90 Å². The Labute approximate surface area is 125 Å². The van der Waals surface area contributed by atoms with Gasteiger partial charge in [0.15, 0.2) is 0 Å². The van der Waals surface area contributed by atoms with Gasteiger partial charge in [0.1, 0.15) is 6.54 Å². The van der Waals surface area contributed by atoms with Crippen LogP contribution in [0.1, 0.15) is 34.1 Å². The highest BCUT2D eigenvalue weighted by Gasteiger charge is 2.22. The zero-order valence-corrected chi connectivity index (χ0v) is 13.2. The maximum Gasteiger partial charge on any atom is 0.325 e. The van der Waals surface area contributed by atoms with Crippen molar-refractivity contribution in [3.63, 3.8) is 0 Å². The molecule has 2 N–H and O–H groups in total. The van der Waals surface area contributed by atoms with E-state index in [1.54, 1.807) is 13.8 Å². The molecule has 7 nitrogen and oxygen atoms in total. The van der Waals surface area contributed by atoms with Crippen molar-refractivity contribution in [3.05, 3.63) is 0 Å². The molecule has 0 aromatic rings. The highest BCUT2D eigenvalue weighted by molar-refractivity contribution is 5.81. The van der Waals surface area contributed by atoms with Crippen LogP contribution in [0.3, 0.4) is 0 Å². The van der Waals surface area contributed by atoms with Gasteiger partial charge < -0.3 is 20.1 Å². The molecule has 0 saturated carbocycles. The molecule has 21 heavy (non-hydrogen) atoms. The van der Waals surface area contributed by atoms with E-state index in [4.69, 9.17) is 9.84 Å². The Bertz CT molecular complexity index is 357. The van der Waals surface area contributed by atoms with Crippen LogP contribution in [0, 0.1) is 11.8 Å². The molecule has 0 aliphatic carbocycles. The highest BCUT2D eigenvalue weighted by Crippen LogP contribution is 2.11. The van der Waals surface area contributed by atoms with E-state index in [0.717, 1.165) is 0 Å². The smallest absolute Gasteiger partial charge is 0.325 e. The fourth-order valence-electron chi connectivity index (χ4n) is 1.85. The van der Waals surface area contributed by atoms with E-state index in [2.05, 4.69) is 5.32 Å². The molecule has 1 unspecified atom stereocenters. The molecular formula is C14H26N2O5. The lowest BCUT2D eigenvalue weighted by Gasteiger charge is -2.22. The van der Waals surface area contributed by atoms with Gasteiger partial charge in [-0.25, -0.2) is 4.79 Å². The van der Waals surface area contributed by atoms with Gasteiger partial charge in [0, 0.05) is 13.1 Å². The average molecular weight is 302 g/mol. The summed E-state index contributed by atoms with van der Waals surface area (Å²) in [6.45, 7) is 7.79. The molecule has 0 fully saturated rings. The van der Waals surface area contributed by atoms with E-state index in [1.807, 2.05) is 13.8 Å². The SMILES string of the molecule is CCOC(=O)CN(CC)C(=O)NCC(CC(C)C)C(=O)O. The van der Waals surface area contributed by atoms with Gasteiger partial charge in [-0.05, 0) is 26.2 Å². The van der Waals surface area contributed by atoms with Crippen LogP contribution >= 0.6 is 0 Å². The summed E-state index contributed by atoms with van der Waals surface area (Å²) in [6, 6.07) is -0.458. The summed E-state index contributed by atoms with van der Waals surface area (Å²) in [5, 5.41) is 11.7. The minimum atomic E-state index is -0.933. The number of rotatable bonds is 9. The summed E-state index contributed by atoms with van der Waals surface area (Å²) in [6.07, 6.45) is 0.486. The number of urea groups is 1. The van der Waals surface area contributed by atoms with Crippen molar-refractivity contribution in [1.29, 1.82) is 0 Å². The molecule has 0 bridgehead atoms. The van der Waals surface area contributed by atoms with Gasteiger partial charge in [-0.2, -0.15) is 0 Å². The first kappa shape index (κ1) is 19.2. The van der Waals surface area contributed by atoms with E-state index in [0.29, 0.717) is 13.0 Å². The van der Waals surface area contributed by atoms with Gasteiger partial charge in [-0.1, -0.05) is 13.8 Å². The Kier molecular flexibility index (Phi) is 9.16. The normalized spacial score (nSPS) is 11.9. The first-order chi connectivity index (χ1) is 9.81. The summed E-state index contributed by atoms with van der Waals surface area (Å²) < 4.78 is 4.79. The summed E-state index contributed by atoms with van der Waals surface area (Å²) in [5.41, 5.74) is 0. The maximum absolute atomic E-state index is 11.9. The largest absolute Gasteiger partial charge is 0.481 e. The molecule has 0 aliphatic heterocycles. The fraction of sp³-hybridized carbons (Fsp3) is 0.786. The molecule has 1 atom stereocenters. The number of carboxylic acids is 1. The van der Waals surface area contributed by atoms with E-state index < -0.39 is 23.9 Å². The Morgan fingerprint density at radius 3 is 2.29 bits per heavy atom. The first-order valence-corrected chi connectivity index (χ1v) is 7.22. The van der Waals surface area contributed by atoms with Gasteiger partial charge in [0.05, 0.1) is 12.5 Å². The molecule has 0 aromatic heterocycles. The van der Waals surface area contributed by atoms with Crippen molar-refractivity contribution >= 4 is 18.0 Å². The van der Waals surface area contributed by atoms with Crippen LogP contribution in [-0.4, -0.2) is 54.2 Å². The van der Waals surface area contributed by atoms with Crippen LogP contribution in [0.15, 0.2) is 0 Å². The number of carbonyl (C=O) groups excluding carboxylic acids is 2. The van der Waals surface area contributed by atoms with Crippen LogP contribution < -0.4 is 5.32 Å². The zero-order chi connectivity index (χ0) is 16.4. The molecular weight excluding hydrogens is 276 g/mol. The van der Waals surface area contributed by atoms with Crippen molar-refractivity contribution in [2.24, 2.45) is 11.8 Å². The van der Waals surface area contributed by atoms with E-state index in [-0.39, 0.29) is 25.6 Å². The third-order valence-corrected chi connectivity index (χ3v) is 2.90. The van der Waals surface area contributed by atoms with Crippen molar-refractivity contribution < 1.29 is 24.2 Å². The number of esters is 1. The van der Waals surface area contributed by atoms with Crippen molar-refractivity contribution in [2.75, 3.05) is 26.2 Å². The standard InChI is InChI=1S/C14H26N2O5/c1-5-16(9-12(17)21-6-2)14(20)15-8-11(13(18)19)7-10(3)4/h10-11H,5-9H2,1-4H3,(H,15,20)(H,18,19). The van der Waals surface area contributed by atoms with Crippen LogP contribution in [0.4, 0.5) is 4.79 Å². The third-order valence-electron chi connectivity index (χ3n) is 2.90. The van der Waals surface area contributed by atoms with Crippen molar-refractivity contribution in [1.82, 2.24) is 10.2 Å². The van der Waals surface area contributed by atoms with Crippen LogP contribution in [0.25, 0.3) is 0 Å². The molecule has 122 valence electrons. The Balaban J connectivity index is 4.42. The molecule has 7 heteroatoms. The number of likely N-dealkylation sites (N-methyl/N-ethyl adjacent to an activating group) is 1.